The second-order valence-corrected chi connectivity index (χ2v) is 14.9. The molecule has 190 valence electrons. The molecule has 0 aliphatic carbocycles. The second kappa shape index (κ2) is 13.7. The van der Waals surface area contributed by atoms with Gasteiger partial charge in [-0.25, -0.2) is 0 Å². The molecule has 36 heavy (non-hydrogen) atoms. The summed E-state index contributed by atoms with van der Waals surface area (Å²) in [5.41, 5.74) is 0. The first-order valence-electron chi connectivity index (χ1n) is 12.7. The Hall–Kier alpha value is -1.69. The third kappa shape index (κ3) is 7.43. The summed E-state index contributed by atoms with van der Waals surface area (Å²) in [6.45, 7) is 2.15. The van der Waals surface area contributed by atoms with Gasteiger partial charge in [-0.05, 0) is 0 Å². The summed E-state index contributed by atoms with van der Waals surface area (Å²) in [6.07, 6.45) is 4.13. The standard InChI is InChI=1S/C30H34O3S2Se/c1-2-3-13-23-22-30(29(32)33-23,36-26-18-11-6-12-19-26)27(31)20-21-28(34-24-14-7-4-8-15-24)35-25-16-9-5-10-17-25/h4-12,14-19,23,27-28,31H,2-3,13,20-22H2,1H3. The Morgan fingerprint density at radius 1 is 0.917 bits per heavy atom. The third-order valence-corrected chi connectivity index (χ3v) is 12.1. The molecule has 3 nitrogen and oxygen atoms in total. The van der Waals surface area contributed by atoms with Crippen molar-refractivity contribution >= 4 is 48.9 Å². The normalized spacial score (nSPS) is 20.4. The van der Waals surface area contributed by atoms with Crippen LogP contribution in [0, 0.1) is 0 Å². The third-order valence-electron chi connectivity index (χ3n) is 6.31. The van der Waals surface area contributed by atoms with E-state index < -0.39 is 10.4 Å². The number of aliphatic hydroxyl groups excluding tert-OH is 1. The number of hydrogen-bond acceptors (Lipinski definition) is 5. The number of unbranched alkanes of at least 4 members (excludes halogenated alkanes) is 1. The maximum atomic E-state index is 13.4. The predicted octanol–water partition coefficient (Wildman–Crippen LogP) is 6.73. The van der Waals surface area contributed by atoms with Gasteiger partial charge in [0.2, 0.25) is 0 Å². The number of hydrogen-bond donors (Lipinski definition) is 1. The topological polar surface area (TPSA) is 46.5 Å². The molecular weight excluding hydrogens is 551 g/mol. The SMILES string of the molecule is CCCCC1CC([Se]c2ccccc2)(C(O)CCC(Sc2ccccc2)Sc2ccccc2)C(=O)O1. The van der Waals surface area contributed by atoms with E-state index in [4.69, 9.17) is 4.74 Å². The number of benzene rings is 3. The van der Waals surface area contributed by atoms with Crippen molar-refractivity contribution in [3.63, 3.8) is 0 Å². The van der Waals surface area contributed by atoms with Crippen LogP contribution in [0.3, 0.4) is 0 Å². The van der Waals surface area contributed by atoms with E-state index in [9.17, 15) is 9.90 Å². The molecule has 1 fully saturated rings. The average molecular weight is 586 g/mol. The van der Waals surface area contributed by atoms with E-state index in [-0.39, 0.29) is 31.6 Å². The Morgan fingerprint density at radius 2 is 1.47 bits per heavy atom. The Kier molecular flexibility index (Phi) is 10.4. The molecule has 0 radical (unpaired) electrons. The van der Waals surface area contributed by atoms with E-state index in [1.54, 1.807) is 0 Å². The zero-order chi connectivity index (χ0) is 25.2. The van der Waals surface area contributed by atoms with Gasteiger partial charge >= 0.3 is 231 Å². The van der Waals surface area contributed by atoms with Crippen LogP contribution in [-0.4, -0.2) is 42.8 Å². The van der Waals surface area contributed by atoms with E-state index in [1.807, 2.05) is 53.9 Å². The quantitative estimate of drug-likeness (QED) is 0.104. The van der Waals surface area contributed by atoms with Crippen molar-refractivity contribution < 1.29 is 14.6 Å². The summed E-state index contributed by atoms with van der Waals surface area (Å²) < 4.78 is 6.40. The molecule has 3 atom stereocenters. The fourth-order valence-corrected chi connectivity index (χ4v) is 9.87. The maximum absolute atomic E-state index is 13.4. The van der Waals surface area contributed by atoms with Gasteiger partial charge in [0.25, 0.3) is 0 Å². The number of cyclic esters (lactones) is 1. The first-order chi connectivity index (χ1) is 17.6. The number of rotatable bonds is 13. The molecule has 6 heteroatoms. The van der Waals surface area contributed by atoms with Gasteiger partial charge in [0.15, 0.2) is 0 Å². The van der Waals surface area contributed by atoms with E-state index in [1.165, 1.54) is 9.79 Å². The molecule has 1 saturated heterocycles. The van der Waals surface area contributed by atoms with Crippen LogP contribution in [0.25, 0.3) is 0 Å². The van der Waals surface area contributed by atoms with Crippen molar-refractivity contribution in [3.8, 4) is 0 Å². The first kappa shape index (κ1) is 27.3. The van der Waals surface area contributed by atoms with Crippen LogP contribution in [0.5, 0.6) is 0 Å². The zero-order valence-electron chi connectivity index (χ0n) is 20.6. The van der Waals surface area contributed by atoms with Gasteiger partial charge in [0.05, 0.1) is 0 Å². The zero-order valence-corrected chi connectivity index (χ0v) is 24.0. The molecule has 0 amide bonds. The average Bonchev–Trinajstić information content (AvgIpc) is 3.23. The molecule has 1 N–H and O–H groups in total. The molecule has 4 rings (SSSR count). The molecule has 1 aliphatic rings. The predicted molar refractivity (Wildman–Crippen MR) is 152 cm³/mol. The van der Waals surface area contributed by atoms with Crippen LogP contribution in [0.4, 0.5) is 0 Å². The summed E-state index contributed by atoms with van der Waals surface area (Å²) in [6, 6.07) is 31.0. The van der Waals surface area contributed by atoms with E-state index >= 15 is 0 Å². The number of carbonyl (C=O) groups is 1. The fraction of sp³-hybridized carbons (Fsp3) is 0.367. The fourth-order valence-electron chi connectivity index (χ4n) is 4.40. The molecule has 3 unspecified atom stereocenters. The number of carbonyl (C=O) groups excluding carboxylic acids is 1. The summed E-state index contributed by atoms with van der Waals surface area (Å²) >= 11 is 3.44. The van der Waals surface area contributed by atoms with Crippen molar-refractivity contribution in [3.05, 3.63) is 91.0 Å². The van der Waals surface area contributed by atoms with Crippen LogP contribution in [0.1, 0.15) is 45.4 Å². The van der Waals surface area contributed by atoms with Crippen molar-refractivity contribution in [1.29, 1.82) is 0 Å². The second-order valence-electron chi connectivity index (χ2n) is 9.06. The molecule has 1 aliphatic heterocycles. The van der Waals surface area contributed by atoms with E-state index in [2.05, 4.69) is 67.6 Å². The Balaban J connectivity index is 1.51. The minimum atomic E-state index is -0.827. The first-order valence-corrected chi connectivity index (χ1v) is 16.1. The minimum absolute atomic E-state index is 0.0918. The summed E-state index contributed by atoms with van der Waals surface area (Å²) in [7, 11) is 0. The molecule has 3 aromatic rings. The molecule has 0 aromatic heterocycles. The van der Waals surface area contributed by atoms with E-state index in [0.717, 1.165) is 30.1 Å². The van der Waals surface area contributed by atoms with Crippen LogP contribution in [-0.2, 0) is 9.53 Å². The molecule has 0 spiro atoms. The van der Waals surface area contributed by atoms with Gasteiger partial charge in [0.1, 0.15) is 0 Å². The van der Waals surface area contributed by atoms with Gasteiger partial charge in [-0.15, -0.1) is 0 Å². The Morgan fingerprint density at radius 3 is 2.03 bits per heavy atom. The van der Waals surface area contributed by atoms with Crippen LogP contribution in [0.15, 0.2) is 101 Å². The van der Waals surface area contributed by atoms with Crippen LogP contribution in [0.2, 0.25) is 4.31 Å². The van der Waals surface area contributed by atoms with Crippen molar-refractivity contribution in [2.75, 3.05) is 0 Å². The molecule has 1 heterocycles. The van der Waals surface area contributed by atoms with Gasteiger partial charge in [-0.1, -0.05) is 0 Å². The van der Waals surface area contributed by atoms with Crippen molar-refractivity contribution in [1.82, 2.24) is 0 Å². The number of thioether (sulfide) groups is 2. The van der Waals surface area contributed by atoms with Gasteiger partial charge < -0.3 is 0 Å². The van der Waals surface area contributed by atoms with Crippen molar-refractivity contribution in [2.45, 2.75) is 76.3 Å². The summed E-state index contributed by atoms with van der Waals surface area (Å²) in [4.78, 5) is 15.8. The van der Waals surface area contributed by atoms with Gasteiger partial charge in [-0.3, -0.25) is 0 Å². The Labute approximate surface area is 230 Å². The number of esters is 1. The molecular formula is C30H34O3S2Se. The van der Waals surface area contributed by atoms with E-state index in [0.29, 0.717) is 12.8 Å². The molecule has 0 bridgehead atoms. The molecule has 0 saturated carbocycles. The van der Waals surface area contributed by atoms with Gasteiger partial charge in [-0.2, -0.15) is 0 Å². The summed E-state index contributed by atoms with van der Waals surface area (Å²) in [5, 5.41) is 11.7. The van der Waals surface area contributed by atoms with Crippen molar-refractivity contribution in [2.24, 2.45) is 0 Å². The van der Waals surface area contributed by atoms with Gasteiger partial charge in [0, 0.05) is 0 Å². The molecule has 3 aromatic carbocycles. The number of aliphatic hydroxyl groups is 1. The van der Waals surface area contributed by atoms with Crippen LogP contribution >= 0.6 is 23.5 Å². The summed E-state index contributed by atoms with van der Waals surface area (Å²) in [5.74, 6) is -0.206. The number of ether oxygens (including phenoxy) is 1. The Bertz CT molecular complexity index is 1030. The monoisotopic (exact) mass is 586 g/mol. The van der Waals surface area contributed by atoms with Crippen LogP contribution < -0.4 is 4.46 Å².